The van der Waals surface area contributed by atoms with Gasteiger partial charge in [-0.2, -0.15) is 0 Å². The van der Waals surface area contributed by atoms with Crippen LogP contribution in [0.1, 0.15) is 24.8 Å². The van der Waals surface area contributed by atoms with Crippen LogP contribution in [0.5, 0.6) is 0 Å². The predicted octanol–water partition coefficient (Wildman–Crippen LogP) is 1.58. The fourth-order valence-corrected chi connectivity index (χ4v) is 1.79. The first-order chi connectivity index (χ1) is 10.2. The third-order valence-corrected chi connectivity index (χ3v) is 2.94. The van der Waals surface area contributed by atoms with Crippen LogP contribution in [-0.4, -0.2) is 31.8 Å². The summed E-state index contributed by atoms with van der Waals surface area (Å²) in [5.74, 6) is -0.483. The van der Waals surface area contributed by atoms with E-state index in [9.17, 15) is 9.59 Å². The first kappa shape index (κ1) is 17.0. The standard InChI is InChI=1S/C15H22N2O4/c1-20-14(18)13(9-5-6-10-16)17-15(19)21-11-12-7-3-2-4-8-12/h2-4,7-8,13H,5-6,9-11,16H2,1H3,(H,17,19). The lowest BCUT2D eigenvalue weighted by atomic mass is 10.1. The summed E-state index contributed by atoms with van der Waals surface area (Å²) in [6.07, 6.45) is 1.36. The average Bonchev–Trinajstić information content (AvgIpc) is 2.52. The predicted molar refractivity (Wildman–Crippen MR) is 78.5 cm³/mol. The van der Waals surface area contributed by atoms with E-state index in [-0.39, 0.29) is 6.61 Å². The summed E-state index contributed by atoms with van der Waals surface area (Å²) >= 11 is 0. The second-order valence-electron chi connectivity index (χ2n) is 4.57. The number of carbonyl (C=O) groups is 2. The van der Waals surface area contributed by atoms with Gasteiger partial charge in [-0.1, -0.05) is 30.3 Å². The number of nitrogens with two attached hydrogens (primary N) is 1. The first-order valence-corrected chi connectivity index (χ1v) is 6.92. The van der Waals surface area contributed by atoms with E-state index in [2.05, 4.69) is 10.1 Å². The van der Waals surface area contributed by atoms with Gasteiger partial charge in [-0.25, -0.2) is 9.59 Å². The molecule has 0 bridgehead atoms. The highest BCUT2D eigenvalue weighted by molar-refractivity contribution is 5.81. The van der Waals surface area contributed by atoms with Gasteiger partial charge in [0.15, 0.2) is 0 Å². The minimum atomic E-state index is -0.704. The molecule has 0 aliphatic carbocycles. The molecule has 0 saturated carbocycles. The van der Waals surface area contributed by atoms with Crippen molar-refractivity contribution in [2.45, 2.75) is 31.9 Å². The van der Waals surface area contributed by atoms with Crippen LogP contribution in [0.4, 0.5) is 4.79 Å². The molecule has 0 fully saturated rings. The van der Waals surface area contributed by atoms with Crippen LogP contribution in [0.2, 0.25) is 0 Å². The summed E-state index contributed by atoms with van der Waals surface area (Å²) in [6, 6.07) is 8.61. The van der Waals surface area contributed by atoms with Crippen molar-refractivity contribution >= 4 is 12.1 Å². The molecule has 6 heteroatoms. The fourth-order valence-electron chi connectivity index (χ4n) is 1.79. The number of methoxy groups -OCH3 is 1. The molecule has 0 aromatic heterocycles. The molecule has 116 valence electrons. The maximum Gasteiger partial charge on any atom is 0.408 e. The third-order valence-electron chi connectivity index (χ3n) is 2.94. The van der Waals surface area contributed by atoms with Crippen molar-refractivity contribution in [1.82, 2.24) is 5.32 Å². The number of rotatable bonds is 8. The molecule has 3 N–H and O–H groups in total. The zero-order valence-corrected chi connectivity index (χ0v) is 12.2. The van der Waals surface area contributed by atoms with E-state index in [1.807, 2.05) is 30.3 Å². The molecule has 1 aromatic rings. The lowest BCUT2D eigenvalue weighted by Crippen LogP contribution is -2.41. The molecule has 1 aromatic carbocycles. The zero-order chi connectivity index (χ0) is 15.5. The Hall–Kier alpha value is -2.08. The largest absolute Gasteiger partial charge is 0.467 e. The van der Waals surface area contributed by atoms with Crippen LogP contribution >= 0.6 is 0 Å². The lowest BCUT2D eigenvalue weighted by Gasteiger charge is -2.16. The second-order valence-corrected chi connectivity index (χ2v) is 4.57. The van der Waals surface area contributed by atoms with Gasteiger partial charge in [0.05, 0.1) is 7.11 Å². The topological polar surface area (TPSA) is 90.6 Å². The van der Waals surface area contributed by atoms with Gasteiger partial charge in [-0.05, 0) is 31.4 Å². The fraction of sp³-hybridized carbons (Fsp3) is 0.467. The quantitative estimate of drug-likeness (QED) is 0.561. The van der Waals surface area contributed by atoms with Crippen LogP contribution in [-0.2, 0) is 20.9 Å². The van der Waals surface area contributed by atoms with E-state index in [0.29, 0.717) is 13.0 Å². The van der Waals surface area contributed by atoms with Gasteiger partial charge in [-0.15, -0.1) is 0 Å². The van der Waals surface area contributed by atoms with Gasteiger partial charge in [0.2, 0.25) is 0 Å². The summed E-state index contributed by atoms with van der Waals surface area (Å²) in [7, 11) is 1.29. The Bertz CT molecular complexity index is 437. The molecule has 0 aliphatic heterocycles. The van der Waals surface area contributed by atoms with Crippen molar-refractivity contribution in [2.75, 3.05) is 13.7 Å². The number of amides is 1. The molecular weight excluding hydrogens is 272 g/mol. The number of nitrogens with one attached hydrogen (secondary N) is 1. The highest BCUT2D eigenvalue weighted by Gasteiger charge is 2.21. The van der Waals surface area contributed by atoms with E-state index < -0.39 is 18.1 Å². The van der Waals surface area contributed by atoms with Crippen LogP contribution < -0.4 is 11.1 Å². The highest BCUT2D eigenvalue weighted by Crippen LogP contribution is 2.04. The summed E-state index contributed by atoms with van der Waals surface area (Å²) in [5, 5.41) is 2.52. The Labute approximate surface area is 124 Å². The number of benzene rings is 1. The first-order valence-electron chi connectivity index (χ1n) is 6.92. The monoisotopic (exact) mass is 294 g/mol. The second kappa shape index (κ2) is 9.77. The van der Waals surface area contributed by atoms with Gasteiger partial charge in [0, 0.05) is 0 Å². The van der Waals surface area contributed by atoms with Gasteiger partial charge in [0.25, 0.3) is 0 Å². The number of carbonyl (C=O) groups excluding carboxylic acids is 2. The molecule has 0 heterocycles. The van der Waals surface area contributed by atoms with E-state index in [0.717, 1.165) is 18.4 Å². The van der Waals surface area contributed by atoms with Gasteiger partial charge >= 0.3 is 12.1 Å². The number of alkyl carbamates (subject to hydrolysis) is 1. The maximum absolute atomic E-state index is 11.7. The van der Waals surface area contributed by atoms with Crippen LogP contribution in [0, 0.1) is 0 Å². The molecule has 1 unspecified atom stereocenters. The van der Waals surface area contributed by atoms with Gasteiger partial charge in [-0.3, -0.25) is 0 Å². The molecule has 0 radical (unpaired) electrons. The number of ether oxygens (including phenoxy) is 2. The molecular formula is C15H22N2O4. The Morgan fingerprint density at radius 2 is 1.95 bits per heavy atom. The van der Waals surface area contributed by atoms with E-state index in [1.165, 1.54) is 7.11 Å². The van der Waals surface area contributed by atoms with Crippen molar-refractivity contribution < 1.29 is 19.1 Å². The molecule has 1 atom stereocenters. The normalized spacial score (nSPS) is 11.5. The molecule has 21 heavy (non-hydrogen) atoms. The Balaban J connectivity index is 2.41. The zero-order valence-electron chi connectivity index (χ0n) is 12.2. The smallest absolute Gasteiger partial charge is 0.408 e. The van der Waals surface area contributed by atoms with Crippen LogP contribution in [0.25, 0.3) is 0 Å². The average molecular weight is 294 g/mol. The van der Waals surface area contributed by atoms with E-state index in [4.69, 9.17) is 10.5 Å². The molecule has 1 amide bonds. The van der Waals surface area contributed by atoms with Crippen molar-refractivity contribution in [2.24, 2.45) is 5.73 Å². The van der Waals surface area contributed by atoms with Crippen LogP contribution in [0.3, 0.4) is 0 Å². The number of hydrogen-bond acceptors (Lipinski definition) is 5. The third kappa shape index (κ3) is 6.76. The van der Waals surface area contributed by atoms with Gasteiger partial charge in [0.1, 0.15) is 12.6 Å². The summed E-state index contributed by atoms with van der Waals surface area (Å²) in [6.45, 7) is 0.704. The summed E-state index contributed by atoms with van der Waals surface area (Å²) in [5.41, 5.74) is 6.29. The van der Waals surface area contributed by atoms with Crippen molar-refractivity contribution in [1.29, 1.82) is 0 Å². The summed E-state index contributed by atoms with van der Waals surface area (Å²) in [4.78, 5) is 23.3. The van der Waals surface area contributed by atoms with E-state index in [1.54, 1.807) is 0 Å². The Morgan fingerprint density at radius 3 is 2.57 bits per heavy atom. The minimum absolute atomic E-state index is 0.156. The van der Waals surface area contributed by atoms with E-state index >= 15 is 0 Å². The lowest BCUT2D eigenvalue weighted by molar-refractivity contribution is -0.143. The highest BCUT2D eigenvalue weighted by atomic mass is 16.6. The SMILES string of the molecule is COC(=O)C(CCCCN)NC(=O)OCc1ccccc1. The molecule has 6 nitrogen and oxygen atoms in total. The van der Waals surface area contributed by atoms with Crippen LogP contribution in [0.15, 0.2) is 30.3 Å². The molecule has 1 rings (SSSR count). The number of esters is 1. The number of hydrogen-bond donors (Lipinski definition) is 2. The van der Waals surface area contributed by atoms with Gasteiger partial charge < -0.3 is 20.5 Å². The maximum atomic E-state index is 11.7. The molecule has 0 spiro atoms. The summed E-state index contributed by atoms with van der Waals surface area (Å²) < 4.78 is 9.74. The molecule has 0 aliphatic rings. The Morgan fingerprint density at radius 1 is 1.24 bits per heavy atom. The Kier molecular flexibility index (Phi) is 7.89. The van der Waals surface area contributed by atoms with Crippen molar-refractivity contribution in [3.8, 4) is 0 Å². The molecule has 0 saturated heterocycles. The number of unbranched alkanes of at least 4 members (excludes halogenated alkanes) is 1. The van der Waals surface area contributed by atoms with Crippen molar-refractivity contribution in [3.05, 3.63) is 35.9 Å². The van der Waals surface area contributed by atoms with Crippen molar-refractivity contribution in [3.63, 3.8) is 0 Å². The minimum Gasteiger partial charge on any atom is -0.467 e.